The fraction of sp³-hybridized carbons (Fsp3) is 0.600. The fourth-order valence-corrected chi connectivity index (χ4v) is 98.7. The number of allylic oxidation sites excluding steroid dienone is 2. The standard InChI is InChI=1S/C20H38F2OSi4/c1-18(16-20(21,22)17-19-14-12-11-13-15-19)23-27(24(2,3)4,25(5,6)7)26(8,9)10/h11-16H,17H2,1-10H3/b18-16+. The molecular weight excluding hydrogens is 407 g/mol. The minimum atomic E-state index is -2.90. The van der Waals surface area contributed by atoms with Gasteiger partial charge in [0, 0.05) is 12.5 Å². The van der Waals surface area contributed by atoms with Crippen molar-refractivity contribution in [3.8, 4) is 0 Å². The second kappa shape index (κ2) is 8.08. The Morgan fingerprint density at radius 3 is 1.63 bits per heavy atom. The van der Waals surface area contributed by atoms with Crippen molar-refractivity contribution < 1.29 is 13.2 Å². The van der Waals surface area contributed by atoms with E-state index >= 15 is 0 Å². The Labute approximate surface area is 168 Å². The van der Waals surface area contributed by atoms with E-state index in [2.05, 4.69) is 58.9 Å². The molecule has 27 heavy (non-hydrogen) atoms. The Balaban J connectivity index is 3.30. The van der Waals surface area contributed by atoms with Crippen molar-refractivity contribution in [1.29, 1.82) is 0 Å². The van der Waals surface area contributed by atoms with Gasteiger partial charge in [0.1, 0.15) is 0 Å². The van der Waals surface area contributed by atoms with Gasteiger partial charge in [-0.1, -0.05) is 89.3 Å². The molecule has 0 heterocycles. The van der Waals surface area contributed by atoms with E-state index in [4.69, 9.17) is 4.43 Å². The first-order valence-electron chi connectivity index (χ1n) is 9.73. The van der Waals surface area contributed by atoms with Crippen LogP contribution in [0, 0.1) is 0 Å². The molecule has 0 bridgehead atoms. The Morgan fingerprint density at radius 2 is 1.26 bits per heavy atom. The molecule has 0 aliphatic carbocycles. The Morgan fingerprint density at radius 1 is 0.852 bits per heavy atom. The summed E-state index contributed by atoms with van der Waals surface area (Å²) in [6, 6.07) is 8.96. The van der Waals surface area contributed by atoms with Crippen LogP contribution >= 0.6 is 0 Å². The molecule has 0 atom stereocenters. The first-order valence-corrected chi connectivity index (χ1v) is 25.1. The number of rotatable bonds is 8. The molecule has 0 saturated heterocycles. The van der Waals surface area contributed by atoms with Crippen LogP contribution < -0.4 is 0 Å². The van der Waals surface area contributed by atoms with Crippen molar-refractivity contribution in [2.75, 3.05) is 0 Å². The van der Waals surface area contributed by atoms with Crippen LogP contribution in [0.5, 0.6) is 0 Å². The van der Waals surface area contributed by atoms with Gasteiger partial charge in [0.15, 0.2) is 0 Å². The predicted octanol–water partition coefficient (Wildman–Crippen LogP) is 6.98. The summed E-state index contributed by atoms with van der Waals surface area (Å²) >= 11 is 0. The average molecular weight is 445 g/mol. The molecule has 1 aromatic carbocycles. The van der Waals surface area contributed by atoms with Crippen LogP contribution in [-0.4, -0.2) is 35.6 Å². The van der Waals surface area contributed by atoms with Crippen LogP contribution in [0.25, 0.3) is 0 Å². The van der Waals surface area contributed by atoms with Gasteiger partial charge in [-0.2, -0.15) is 0 Å². The van der Waals surface area contributed by atoms with Crippen molar-refractivity contribution in [3.05, 3.63) is 47.7 Å². The van der Waals surface area contributed by atoms with Crippen LogP contribution in [0.4, 0.5) is 8.78 Å². The summed E-state index contributed by atoms with van der Waals surface area (Å²) in [5, 5.41) is 0. The molecule has 0 N–H and O–H groups in total. The number of halogens is 2. The molecule has 154 valence electrons. The number of alkyl halides is 2. The van der Waals surface area contributed by atoms with Gasteiger partial charge in [0.2, 0.25) is 6.87 Å². The highest BCUT2D eigenvalue weighted by Gasteiger charge is 2.65. The normalized spacial score (nSPS) is 15.0. The molecule has 0 aromatic heterocycles. The van der Waals surface area contributed by atoms with E-state index in [1.807, 2.05) is 6.07 Å². The predicted molar refractivity (Wildman–Crippen MR) is 126 cm³/mol. The topological polar surface area (TPSA) is 9.23 Å². The lowest BCUT2D eigenvalue weighted by molar-refractivity contribution is 0.0526. The van der Waals surface area contributed by atoms with Gasteiger partial charge < -0.3 is 4.43 Å². The van der Waals surface area contributed by atoms with Gasteiger partial charge >= 0.3 is 0 Å². The molecule has 1 aromatic rings. The molecule has 0 spiro atoms. The smallest absolute Gasteiger partial charge is 0.273 e. The van der Waals surface area contributed by atoms with Crippen LogP contribution in [0.3, 0.4) is 0 Å². The zero-order chi connectivity index (χ0) is 21.3. The summed E-state index contributed by atoms with van der Waals surface area (Å²) in [5.74, 6) is -2.46. The largest absolute Gasteiger partial charge is 0.555 e. The minimum absolute atomic E-state index is 0.282. The number of benzene rings is 1. The fourth-order valence-electron chi connectivity index (χ4n) is 5.32. The summed E-state index contributed by atoms with van der Waals surface area (Å²) in [6.45, 7) is 21.2. The molecule has 0 aliphatic rings. The van der Waals surface area contributed by atoms with Crippen molar-refractivity contribution in [2.45, 2.75) is 78.2 Å². The first-order chi connectivity index (χ1) is 11.9. The van der Waals surface area contributed by atoms with Crippen LogP contribution in [0.2, 0.25) is 58.9 Å². The molecule has 0 unspecified atom stereocenters. The zero-order valence-electron chi connectivity index (χ0n) is 18.8. The van der Waals surface area contributed by atoms with Gasteiger partial charge in [-0.05, 0) is 12.5 Å². The van der Waals surface area contributed by atoms with E-state index in [-0.39, 0.29) is 6.42 Å². The molecule has 0 saturated carbocycles. The third-order valence-electron chi connectivity index (χ3n) is 5.18. The zero-order valence-corrected chi connectivity index (χ0v) is 22.8. The summed E-state index contributed by atoms with van der Waals surface area (Å²) in [4.78, 5) is 0. The molecular formula is C20H38F2OSi4. The van der Waals surface area contributed by atoms with Crippen LogP contribution in [0.15, 0.2) is 42.2 Å². The molecule has 1 rings (SSSR count). The van der Waals surface area contributed by atoms with Gasteiger partial charge in [0.05, 0.1) is 28.5 Å². The lowest BCUT2D eigenvalue weighted by Crippen LogP contribution is -2.84. The molecule has 1 nitrogen and oxygen atoms in total. The lowest BCUT2D eigenvalue weighted by atomic mass is 10.1. The quantitative estimate of drug-likeness (QED) is 0.310. The maximum absolute atomic E-state index is 14.7. The third kappa shape index (κ3) is 5.74. The monoisotopic (exact) mass is 444 g/mol. The van der Waals surface area contributed by atoms with E-state index in [1.165, 1.54) is 0 Å². The summed E-state index contributed by atoms with van der Waals surface area (Å²) in [7, 11) is -5.00. The summed E-state index contributed by atoms with van der Waals surface area (Å²) < 4.78 is 36.2. The van der Waals surface area contributed by atoms with E-state index in [1.54, 1.807) is 31.2 Å². The highest BCUT2D eigenvalue weighted by molar-refractivity contribution is 7.87. The maximum Gasteiger partial charge on any atom is 0.273 e. The summed E-state index contributed by atoms with van der Waals surface area (Å²) in [5.41, 5.74) is 0.649. The van der Waals surface area contributed by atoms with Gasteiger partial charge in [-0.3, -0.25) is 0 Å². The van der Waals surface area contributed by atoms with Crippen LogP contribution in [-0.2, 0) is 10.8 Å². The van der Waals surface area contributed by atoms with E-state index in [0.29, 0.717) is 11.3 Å². The Hall–Kier alpha value is -0.512. The van der Waals surface area contributed by atoms with E-state index in [0.717, 1.165) is 6.08 Å². The first kappa shape index (κ1) is 24.5. The number of hydrogen-bond donors (Lipinski definition) is 0. The van der Waals surface area contributed by atoms with E-state index in [9.17, 15) is 8.78 Å². The van der Waals surface area contributed by atoms with Gasteiger partial charge in [-0.15, -0.1) is 0 Å². The second-order valence-corrected chi connectivity index (χ2v) is 50.1. The van der Waals surface area contributed by atoms with Crippen molar-refractivity contribution in [2.24, 2.45) is 0 Å². The Bertz CT molecular complexity index is 617. The molecule has 0 amide bonds. The van der Waals surface area contributed by atoms with Gasteiger partial charge in [-0.25, -0.2) is 8.78 Å². The van der Waals surface area contributed by atoms with Crippen molar-refractivity contribution in [1.82, 2.24) is 0 Å². The van der Waals surface area contributed by atoms with Crippen molar-refractivity contribution >= 4 is 29.6 Å². The lowest BCUT2D eigenvalue weighted by Gasteiger charge is -2.56. The highest BCUT2D eigenvalue weighted by Crippen LogP contribution is 2.39. The minimum Gasteiger partial charge on any atom is -0.555 e. The van der Waals surface area contributed by atoms with Crippen LogP contribution in [0.1, 0.15) is 12.5 Å². The number of hydrogen-bond acceptors (Lipinski definition) is 1. The molecule has 0 radical (unpaired) electrons. The maximum atomic E-state index is 14.7. The molecule has 0 aliphatic heterocycles. The average Bonchev–Trinajstić information content (AvgIpc) is 2.40. The van der Waals surface area contributed by atoms with Gasteiger partial charge in [0.25, 0.3) is 5.92 Å². The Kier molecular flexibility index (Phi) is 7.34. The molecule has 0 fully saturated rings. The van der Waals surface area contributed by atoms with Crippen molar-refractivity contribution in [3.63, 3.8) is 0 Å². The molecule has 7 heteroatoms. The van der Waals surface area contributed by atoms with E-state index < -0.39 is 35.6 Å². The summed E-state index contributed by atoms with van der Waals surface area (Å²) in [6.07, 6.45) is 0.804. The second-order valence-electron chi connectivity index (χ2n) is 10.7. The highest BCUT2D eigenvalue weighted by atomic mass is 29.9. The third-order valence-corrected chi connectivity index (χ3v) is 72.6. The SMILES string of the molecule is C/C(=C\C(F)(F)Cc1ccccc1)O[Si]([Si](C)(C)C)([Si](C)(C)C)[Si](C)(C)C.